The number of nitrogens with zero attached hydrogens (tertiary/aromatic N) is 3. The molecule has 2 aliphatic rings. The zero-order chi connectivity index (χ0) is 25.7. The van der Waals surface area contributed by atoms with E-state index in [4.69, 9.17) is 4.74 Å². The van der Waals surface area contributed by atoms with Crippen LogP contribution >= 0.6 is 11.3 Å². The Morgan fingerprint density at radius 2 is 1.69 bits per heavy atom. The van der Waals surface area contributed by atoms with Crippen LogP contribution in [0.2, 0.25) is 0 Å². The van der Waals surface area contributed by atoms with Crippen molar-refractivity contribution in [1.82, 2.24) is 19.4 Å². The minimum atomic E-state index is -3.63. The number of thiophene rings is 1. The Hall–Kier alpha value is -2.74. The number of morpholine rings is 1. The smallest absolute Gasteiger partial charge is 0.319 e. The fraction of sp³-hybridized carbons (Fsp3) is 0.522. The Labute approximate surface area is 214 Å². The molecule has 2 saturated heterocycles. The molecule has 2 aliphatic heterocycles. The summed E-state index contributed by atoms with van der Waals surface area (Å²) in [5.41, 5.74) is 0.411. The molecule has 1 aromatic heterocycles. The molecule has 0 atom stereocenters. The van der Waals surface area contributed by atoms with Gasteiger partial charge in [0.05, 0.1) is 24.5 Å². The van der Waals surface area contributed by atoms with Crippen molar-refractivity contribution in [3.05, 3.63) is 29.8 Å². The molecule has 0 unspecified atom stereocenters. The van der Waals surface area contributed by atoms with Gasteiger partial charge in [-0.1, -0.05) is 18.2 Å². The fourth-order valence-corrected chi connectivity index (χ4v) is 6.80. The molecule has 2 aromatic rings. The second-order valence-electron chi connectivity index (χ2n) is 8.54. The lowest BCUT2D eigenvalue weighted by Crippen LogP contribution is -2.51. The standard InChI is InChI=1S/C23H31N5O6S2/c1-2-24-23(31)25-21-20(17-5-3-4-6-18(17)35-21)22(30)27-8-10-28(11-9-27)36(32,33)16-7-19(29)26-12-14-34-15-13-26/h3-6H,2,7-16H2,1H3,(H2,24,25,31). The van der Waals surface area contributed by atoms with Crippen molar-refractivity contribution in [1.29, 1.82) is 0 Å². The number of hydrogen-bond acceptors (Lipinski definition) is 7. The van der Waals surface area contributed by atoms with Gasteiger partial charge in [0.2, 0.25) is 15.9 Å². The van der Waals surface area contributed by atoms with Crippen LogP contribution in [0.1, 0.15) is 23.7 Å². The number of anilines is 1. The molecular formula is C23H31N5O6S2. The first-order valence-corrected chi connectivity index (χ1v) is 14.4. The van der Waals surface area contributed by atoms with Crippen LogP contribution in [0.3, 0.4) is 0 Å². The molecule has 0 aliphatic carbocycles. The summed E-state index contributed by atoms with van der Waals surface area (Å²) in [6.07, 6.45) is -0.0722. The molecule has 1 aromatic carbocycles. The van der Waals surface area contributed by atoms with Crippen molar-refractivity contribution in [2.24, 2.45) is 0 Å². The van der Waals surface area contributed by atoms with Gasteiger partial charge in [-0.2, -0.15) is 4.31 Å². The normalized spacial score (nSPS) is 17.2. The van der Waals surface area contributed by atoms with Crippen LogP contribution < -0.4 is 10.6 Å². The summed E-state index contributed by atoms with van der Waals surface area (Å²) in [5.74, 6) is -0.696. The monoisotopic (exact) mass is 537 g/mol. The molecule has 196 valence electrons. The van der Waals surface area contributed by atoms with E-state index in [1.165, 1.54) is 15.6 Å². The first kappa shape index (κ1) is 26.3. The SMILES string of the molecule is CCNC(=O)Nc1sc2ccccc2c1C(=O)N1CCN(S(=O)(=O)CCC(=O)N2CCOCC2)CC1. The second-order valence-corrected chi connectivity index (χ2v) is 11.7. The average Bonchev–Trinajstić information content (AvgIpc) is 3.25. The van der Waals surface area contributed by atoms with E-state index in [0.29, 0.717) is 43.4 Å². The Morgan fingerprint density at radius 1 is 1.00 bits per heavy atom. The maximum atomic E-state index is 13.5. The molecule has 0 bridgehead atoms. The van der Waals surface area contributed by atoms with Gasteiger partial charge in [-0.05, 0) is 13.0 Å². The molecule has 11 nitrogen and oxygen atoms in total. The van der Waals surface area contributed by atoms with Crippen LogP contribution in [0.5, 0.6) is 0 Å². The van der Waals surface area contributed by atoms with Crippen LogP contribution in [0.25, 0.3) is 10.1 Å². The largest absolute Gasteiger partial charge is 0.378 e. The number of piperazine rings is 1. The molecule has 2 N–H and O–H groups in total. The minimum Gasteiger partial charge on any atom is -0.378 e. The van der Waals surface area contributed by atoms with Gasteiger partial charge in [-0.25, -0.2) is 13.2 Å². The van der Waals surface area contributed by atoms with Crippen LogP contribution in [-0.4, -0.2) is 105 Å². The van der Waals surface area contributed by atoms with Gasteiger partial charge in [0.1, 0.15) is 5.00 Å². The lowest BCUT2D eigenvalue weighted by molar-refractivity contribution is -0.134. The van der Waals surface area contributed by atoms with Gasteiger partial charge in [-0.15, -0.1) is 11.3 Å². The number of carbonyl (C=O) groups excluding carboxylic acids is 3. The third kappa shape index (κ3) is 5.97. The summed E-state index contributed by atoms with van der Waals surface area (Å²) in [4.78, 5) is 41.3. The molecule has 13 heteroatoms. The number of amides is 4. The van der Waals surface area contributed by atoms with Crippen LogP contribution in [0, 0.1) is 0 Å². The molecule has 0 saturated carbocycles. The Bertz CT molecular complexity index is 1220. The van der Waals surface area contributed by atoms with E-state index in [1.807, 2.05) is 31.2 Å². The number of carbonyl (C=O) groups is 3. The lowest BCUT2D eigenvalue weighted by atomic mass is 10.1. The third-order valence-electron chi connectivity index (χ3n) is 6.23. The van der Waals surface area contributed by atoms with E-state index in [0.717, 1.165) is 10.1 Å². The first-order chi connectivity index (χ1) is 17.3. The van der Waals surface area contributed by atoms with E-state index >= 15 is 0 Å². The Morgan fingerprint density at radius 3 is 2.39 bits per heavy atom. The zero-order valence-corrected chi connectivity index (χ0v) is 21.8. The lowest BCUT2D eigenvalue weighted by Gasteiger charge is -2.34. The number of ether oxygens (including phenoxy) is 1. The predicted molar refractivity (Wildman–Crippen MR) is 138 cm³/mol. The van der Waals surface area contributed by atoms with Crippen LogP contribution in [0.4, 0.5) is 9.80 Å². The van der Waals surface area contributed by atoms with Crippen molar-refractivity contribution in [2.45, 2.75) is 13.3 Å². The zero-order valence-electron chi connectivity index (χ0n) is 20.2. The topological polar surface area (TPSA) is 128 Å². The Balaban J connectivity index is 1.40. The molecule has 4 amide bonds. The quantitative estimate of drug-likeness (QED) is 0.549. The summed E-state index contributed by atoms with van der Waals surface area (Å²) in [5, 5.41) is 6.66. The van der Waals surface area contributed by atoms with Crippen LogP contribution in [0.15, 0.2) is 24.3 Å². The number of rotatable bonds is 7. The number of nitrogens with one attached hydrogen (secondary N) is 2. The van der Waals surface area contributed by atoms with E-state index in [2.05, 4.69) is 10.6 Å². The highest BCUT2D eigenvalue weighted by Crippen LogP contribution is 2.36. The molecule has 4 rings (SSSR count). The molecule has 3 heterocycles. The van der Waals surface area contributed by atoms with Crippen molar-refractivity contribution in [2.75, 3.05) is 70.1 Å². The number of sulfonamides is 1. The molecule has 0 radical (unpaired) electrons. The number of urea groups is 1. The van der Waals surface area contributed by atoms with E-state index in [9.17, 15) is 22.8 Å². The average molecular weight is 538 g/mol. The van der Waals surface area contributed by atoms with Gasteiger partial charge < -0.3 is 19.9 Å². The van der Waals surface area contributed by atoms with E-state index < -0.39 is 10.0 Å². The summed E-state index contributed by atoms with van der Waals surface area (Å²) >= 11 is 1.33. The van der Waals surface area contributed by atoms with E-state index in [1.54, 1.807) is 9.80 Å². The first-order valence-electron chi connectivity index (χ1n) is 12.0. The Kier molecular flexibility index (Phi) is 8.44. The third-order valence-corrected chi connectivity index (χ3v) is 9.19. The highest BCUT2D eigenvalue weighted by molar-refractivity contribution is 7.89. The van der Waals surface area contributed by atoms with Crippen molar-refractivity contribution in [3.63, 3.8) is 0 Å². The van der Waals surface area contributed by atoms with Gasteiger partial charge in [0.25, 0.3) is 5.91 Å². The highest BCUT2D eigenvalue weighted by Gasteiger charge is 2.32. The van der Waals surface area contributed by atoms with Crippen molar-refractivity contribution < 1.29 is 27.5 Å². The van der Waals surface area contributed by atoms with Gasteiger partial charge in [0, 0.05) is 62.3 Å². The number of hydrogen-bond donors (Lipinski definition) is 2. The number of benzene rings is 1. The predicted octanol–water partition coefficient (Wildman–Crippen LogP) is 1.38. The summed E-state index contributed by atoms with van der Waals surface area (Å²) < 4.78 is 33.2. The summed E-state index contributed by atoms with van der Waals surface area (Å²) in [6.45, 7) is 4.91. The molecule has 0 spiro atoms. The van der Waals surface area contributed by atoms with Crippen molar-refractivity contribution >= 4 is 54.3 Å². The molecule has 36 heavy (non-hydrogen) atoms. The van der Waals surface area contributed by atoms with Gasteiger partial charge in [0.15, 0.2) is 0 Å². The molecule has 2 fully saturated rings. The minimum absolute atomic E-state index is 0.0722. The van der Waals surface area contributed by atoms with Crippen molar-refractivity contribution in [3.8, 4) is 0 Å². The fourth-order valence-electron chi connectivity index (χ4n) is 4.30. The summed E-state index contributed by atoms with van der Waals surface area (Å²) in [7, 11) is -3.63. The number of fused-ring (bicyclic) bond motifs is 1. The molecular weight excluding hydrogens is 506 g/mol. The summed E-state index contributed by atoms with van der Waals surface area (Å²) in [6, 6.07) is 7.05. The maximum Gasteiger partial charge on any atom is 0.319 e. The van der Waals surface area contributed by atoms with E-state index in [-0.39, 0.29) is 56.2 Å². The second kappa shape index (κ2) is 11.5. The maximum absolute atomic E-state index is 13.5. The van der Waals surface area contributed by atoms with Gasteiger partial charge in [-0.3, -0.25) is 14.9 Å². The van der Waals surface area contributed by atoms with Gasteiger partial charge >= 0.3 is 6.03 Å². The highest BCUT2D eigenvalue weighted by atomic mass is 32.2. The van der Waals surface area contributed by atoms with Crippen LogP contribution in [-0.2, 0) is 19.6 Å².